The molecule has 2 aliphatic rings. The Morgan fingerprint density at radius 3 is 2.41 bits per heavy atom. The van der Waals surface area contributed by atoms with E-state index < -0.39 is 29.8 Å². The van der Waals surface area contributed by atoms with Gasteiger partial charge in [-0.3, -0.25) is 0 Å². The van der Waals surface area contributed by atoms with Crippen LogP contribution in [0.15, 0.2) is 6.07 Å². The molecule has 2 atom stereocenters. The molecule has 0 bridgehead atoms. The Kier molecular flexibility index (Phi) is 7.36. The molecule has 2 saturated heterocycles. The summed E-state index contributed by atoms with van der Waals surface area (Å²) >= 11 is 0. The predicted octanol–water partition coefficient (Wildman–Crippen LogP) is 4.17. The molecule has 1 aromatic heterocycles. The normalized spacial score (nSPS) is 25.5. The van der Waals surface area contributed by atoms with Gasteiger partial charge in [0.2, 0.25) is 11.7 Å². The van der Waals surface area contributed by atoms with Gasteiger partial charge in [-0.2, -0.15) is 31.3 Å². The Balaban J connectivity index is 0.00000182. The first-order valence-electron chi connectivity index (χ1n) is 7.77. The van der Waals surface area contributed by atoms with Crippen LogP contribution in [0.25, 0.3) is 0 Å². The Morgan fingerprint density at radius 2 is 1.81 bits per heavy atom. The summed E-state index contributed by atoms with van der Waals surface area (Å²) in [5, 5.41) is 0. The molecule has 0 aliphatic carbocycles. The standard InChI is InChI=1S/C15H16F6N3O.CH3.Mo/c1-13-4-2-6-24(13)9(3-5-13)8-25-11-7-10(14(16,17)18)22-12(23-11)15(19,20)21;;/h7,9H,1-6,8H2;1H3;/q2*-1;+2/t9-,13-;;/m0../s1. The zero-order valence-electron chi connectivity index (χ0n) is 14.5. The number of hydrogen-bond donors (Lipinski definition) is 0. The number of rotatable bonds is 3. The summed E-state index contributed by atoms with van der Waals surface area (Å²) in [6.45, 7) is 4.93. The van der Waals surface area contributed by atoms with Crippen molar-refractivity contribution in [2.75, 3.05) is 13.2 Å². The molecule has 27 heavy (non-hydrogen) atoms. The quantitative estimate of drug-likeness (QED) is 0.371. The molecule has 0 aromatic carbocycles. The van der Waals surface area contributed by atoms with E-state index in [0.29, 0.717) is 6.07 Å². The molecule has 2 aliphatic heterocycles. The summed E-state index contributed by atoms with van der Waals surface area (Å²) in [7, 11) is 0. The minimum Gasteiger partial charge on any atom is -0.476 e. The number of hydrogen-bond acceptors (Lipinski definition) is 4. The molecule has 0 radical (unpaired) electrons. The second kappa shape index (κ2) is 8.23. The SMILES string of the molecule is [CH2-][C@@]12CCCN1[C@H](COc1cc(C(F)(F)F)nc(C(F)(F)F)n1)CC2.[CH3-].[Mo+2]. The van der Waals surface area contributed by atoms with E-state index in [2.05, 4.69) is 21.8 Å². The van der Waals surface area contributed by atoms with E-state index in [1.54, 1.807) is 0 Å². The fourth-order valence-electron chi connectivity index (χ4n) is 3.51. The Bertz CT molecular complexity index is 622. The van der Waals surface area contributed by atoms with Gasteiger partial charge in [-0.15, -0.1) is 5.54 Å². The smallest absolute Gasteiger partial charge is 0.476 e. The van der Waals surface area contributed by atoms with Gasteiger partial charge in [-0.05, 0) is 19.4 Å². The van der Waals surface area contributed by atoms with Crippen LogP contribution in [0.5, 0.6) is 5.88 Å². The molecule has 3 rings (SSSR count). The summed E-state index contributed by atoms with van der Waals surface area (Å²) in [4.78, 5) is 7.76. The van der Waals surface area contributed by atoms with Crippen molar-refractivity contribution < 1.29 is 52.1 Å². The first-order valence-corrected chi connectivity index (χ1v) is 7.77. The maximum absolute atomic E-state index is 12.8. The van der Waals surface area contributed by atoms with Crippen LogP contribution in [0.4, 0.5) is 26.3 Å². The van der Waals surface area contributed by atoms with E-state index in [9.17, 15) is 26.3 Å². The van der Waals surface area contributed by atoms with E-state index in [4.69, 9.17) is 4.74 Å². The second-order valence-electron chi connectivity index (χ2n) is 6.44. The Morgan fingerprint density at radius 1 is 1.15 bits per heavy atom. The van der Waals surface area contributed by atoms with Crippen LogP contribution >= 0.6 is 0 Å². The monoisotopic (exact) mass is 481 g/mol. The second-order valence-corrected chi connectivity index (χ2v) is 6.44. The first kappa shape index (κ1) is 24.1. The van der Waals surface area contributed by atoms with Crippen LogP contribution in [-0.2, 0) is 33.4 Å². The van der Waals surface area contributed by atoms with E-state index in [0.717, 1.165) is 32.2 Å². The molecule has 2 fully saturated rings. The zero-order chi connectivity index (χ0) is 18.5. The summed E-state index contributed by atoms with van der Waals surface area (Å²) in [5.74, 6) is -2.59. The molecule has 152 valence electrons. The molecular weight excluding hydrogens is 460 g/mol. The number of aromatic nitrogens is 2. The number of fused-ring (bicyclic) bond motifs is 1. The fourth-order valence-corrected chi connectivity index (χ4v) is 3.51. The van der Waals surface area contributed by atoms with Gasteiger partial charge in [0.1, 0.15) is 6.61 Å². The van der Waals surface area contributed by atoms with E-state index in [-0.39, 0.29) is 46.7 Å². The number of alkyl halides is 6. The van der Waals surface area contributed by atoms with E-state index >= 15 is 0 Å². The molecule has 0 spiro atoms. The van der Waals surface area contributed by atoms with Crippen molar-refractivity contribution in [3.63, 3.8) is 0 Å². The van der Waals surface area contributed by atoms with Crippen molar-refractivity contribution in [2.45, 2.75) is 49.6 Å². The Labute approximate surface area is 167 Å². The fraction of sp³-hybridized carbons (Fsp3) is 0.625. The molecule has 0 saturated carbocycles. The van der Waals surface area contributed by atoms with Crippen LogP contribution in [0.1, 0.15) is 37.2 Å². The molecule has 3 heterocycles. The molecule has 0 unspecified atom stereocenters. The van der Waals surface area contributed by atoms with Crippen LogP contribution in [0.3, 0.4) is 0 Å². The van der Waals surface area contributed by atoms with Gasteiger partial charge in [0.25, 0.3) is 0 Å². The van der Waals surface area contributed by atoms with E-state index in [1.165, 1.54) is 0 Å². The van der Waals surface area contributed by atoms with Crippen molar-refractivity contribution in [1.82, 2.24) is 14.9 Å². The van der Waals surface area contributed by atoms with Crippen LogP contribution in [-0.4, -0.2) is 39.6 Å². The largest absolute Gasteiger partial charge is 2.00 e. The van der Waals surface area contributed by atoms with Crippen molar-refractivity contribution in [3.8, 4) is 5.88 Å². The zero-order valence-corrected chi connectivity index (χ0v) is 16.5. The van der Waals surface area contributed by atoms with Crippen molar-refractivity contribution in [2.24, 2.45) is 0 Å². The molecular formula is C16H19F6MoN3O. The molecule has 11 heteroatoms. The van der Waals surface area contributed by atoms with E-state index in [1.807, 2.05) is 0 Å². The minimum atomic E-state index is -5.09. The average molecular weight is 479 g/mol. The predicted molar refractivity (Wildman–Crippen MR) is 81.0 cm³/mol. The van der Waals surface area contributed by atoms with Gasteiger partial charge in [0.05, 0.1) is 0 Å². The van der Waals surface area contributed by atoms with Gasteiger partial charge < -0.3 is 24.0 Å². The average Bonchev–Trinajstić information content (AvgIpc) is 3.00. The van der Waals surface area contributed by atoms with Crippen molar-refractivity contribution in [3.05, 3.63) is 31.9 Å². The number of nitrogens with zero attached hydrogens (tertiary/aromatic N) is 3. The van der Waals surface area contributed by atoms with Crippen LogP contribution in [0, 0.1) is 14.4 Å². The number of halogens is 6. The van der Waals surface area contributed by atoms with Crippen LogP contribution in [0.2, 0.25) is 0 Å². The summed E-state index contributed by atoms with van der Waals surface area (Å²) in [5.41, 5.74) is -1.88. The molecule has 4 nitrogen and oxygen atoms in total. The van der Waals surface area contributed by atoms with Crippen LogP contribution < -0.4 is 4.74 Å². The molecule has 0 N–H and O–H groups in total. The van der Waals surface area contributed by atoms with Gasteiger partial charge >= 0.3 is 33.4 Å². The third-order valence-corrected chi connectivity index (χ3v) is 4.70. The first-order chi connectivity index (χ1) is 11.5. The van der Waals surface area contributed by atoms with Crippen molar-refractivity contribution in [1.29, 1.82) is 0 Å². The minimum absolute atomic E-state index is 0. The maximum Gasteiger partial charge on any atom is 2.00 e. The third kappa shape index (κ3) is 5.13. The van der Waals surface area contributed by atoms with Gasteiger partial charge in [0, 0.05) is 12.1 Å². The van der Waals surface area contributed by atoms with Crippen molar-refractivity contribution >= 4 is 0 Å². The number of ether oxygens (including phenoxy) is 1. The van der Waals surface area contributed by atoms with Gasteiger partial charge in [-0.1, -0.05) is 12.8 Å². The topological polar surface area (TPSA) is 38.2 Å². The van der Waals surface area contributed by atoms with Gasteiger partial charge in [-0.25, -0.2) is 4.98 Å². The summed E-state index contributed by atoms with van der Waals surface area (Å²) < 4.78 is 81.7. The van der Waals surface area contributed by atoms with Gasteiger partial charge in [0.15, 0.2) is 5.69 Å². The summed E-state index contributed by atoms with van der Waals surface area (Å²) in [6.07, 6.45) is -6.67. The molecule has 0 amide bonds. The maximum atomic E-state index is 12.8. The third-order valence-electron chi connectivity index (χ3n) is 4.70. The Hall–Kier alpha value is -0.892. The molecule has 1 aromatic rings. The summed E-state index contributed by atoms with van der Waals surface area (Å²) in [6, 6.07) is 0.296.